The van der Waals surface area contributed by atoms with Crippen LogP contribution in [0.2, 0.25) is 0 Å². The van der Waals surface area contributed by atoms with Gasteiger partial charge in [0.1, 0.15) is 6.61 Å². The third-order valence-corrected chi connectivity index (χ3v) is 8.11. The largest absolute Gasteiger partial charge is 0.448 e. The van der Waals surface area contributed by atoms with Gasteiger partial charge in [-0.05, 0) is 53.3 Å². The normalized spacial score (nSPS) is 21.8. The van der Waals surface area contributed by atoms with Crippen LogP contribution in [0.4, 0.5) is 18.0 Å². The van der Waals surface area contributed by atoms with E-state index in [4.69, 9.17) is 9.47 Å². The summed E-state index contributed by atoms with van der Waals surface area (Å²) in [7, 11) is 0. The predicted octanol–water partition coefficient (Wildman–Crippen LogP) is 6.19. The molecule has 2 unspecified atom stereocenters. The molecule has 2 atom stereocenters. The highest BCUT2D eigenvalue weighted by Crippen LogP contribution is 2.45. The number of carbonyl (C=O) groups is 2. The molecular weight excluding hydrogens is 521 g/mol. The van der Waals surface area contributed by atoms with Crippen LogP contribution in [0, 0.1) is 17.2 Å². The number of Topliss-reactive ketones (excluding diaryl/α,β-unsaturated/α-hetero) is 1. The van der Waals surface area contributed by atoms with Gasteiger partial charge in [-0.3, -0.25) is 9.69 Å². The molecule has 3 aromatic rings. The van der Waals surface area contributed by atoms with Crippen molar-refractivity contribution in [1.29, 1.82) is 5.26 Å². The molecule has 3 aromatic carbocycles. The summed E-state index contributed by atoms with van der Waals surface area (Å²) < 4.78 is 51.6. The summed E-state index contributed by atoms with van der Waals surface area (Å²) >= 11 is 0. The van der Waals surface area contributed by atoms with Gasteiger partial charge in [-0.2, -0.15) is 18.4 Å². The lowest BCUT2D eigenvalue weighted by Gasteiger charge is -2.47. The van der Waals surface area contributed by atoms with Crippen LogP contribution in [-0.4, -0.2) is 48.7 Å². The van der Waals surface area contributed by atoms with E-state index in [1.165, 1.54) is 6.07 Å². The molecule has 2 bridgehead atoms. The molecule has 0 radical (unpaired) electrons. The lowest BCUT2D eigenvalue weighted by atomic mass is 9.80. The molecule has 0 aromatic heterocycles. The Balaban J connectivity index is 1.18. The van der Waals surface area contributed by atoms with Gasteiger partial charge in [-0.1, -0.05) is 48.5 Å². The average Bonchev–Trinajstić information content (AvgIpc) is 3.27. The van der Waals surface area contributed by atoms with E-state index in [9.17, 15) is 28.0 Å². The summed E-state index contributed by atoms with van der Waals surface area (Å²) in [5, 5.41) is 9.21. The lowest BCUT2D eigenvalue weighted by Crippen LogP contribution is -2.60. The number of alkyl halides is 3. The number of morpholine rings is 1. The Labute approximate surface area is 228 Å². The first kappa shape index (κ1) is 26.1. The van der Waals surface area contributed by atoms with Crippen LogP contribution in [0.5, 0.6) is 0 Å². The van der Waals surface area contributed by atoms with Crippen molar-refractivity contribution in [1.82, 2.24) is 4.90 Å². The summed E-state index contributed by atoms with van der Waals surface area (Å²) in [5.41, 5.74) is 3.04. The second-order valence-corrected chi connectivity index (χ2v) is 10.5. The summed E-state index contributed by atoms with van der Waals surface area (Å²) in [6.45, 7) is 0.570. The molecule has 1 amide bonds. The van der Waals surface area contributed by atoms with Crippen LogP contribution in [0.15, 0.2) is 66.7 Å². The number of fused-ring (bicyclic) bond motifs is 5. The van der Waals surface area contributed by atoms with Gasteiger partial charge in [0.05, 0.1) is 42.5 Å². The quantitative estimate of drug-likeness (QED) is 0.365. The maximum Gasteiger partial charge on any atom is 0.416 e. The van der Waals surface area contributed by atoms with Crippen LogP contribution in [0.3, 0.4) is 0 Å². The van der Waals surface area contributed by atoms with Gasteiger partial charge in [-0.15, -0.1) is 0 Å². The summed E-state index contributed by atoms with van der Waals surface area (Å²) in [4.78, 5) is 28.3. The number of rotatable bonds is 4. The van der Waals surface area contributed by atoms with Crippen molar-refractivity contribution < 1.29 is 32.2 Å². The second-order valence-electron chi connectivity index (χ2n) is 10.5. The highest BCUT2D eigenvalue weighted by Gasteiger charge is 2.45. The van der Waals surface area contributed by atoms with Crippen molar-refractivity contribution >= 4 is 11.9 Å². The lowest BCUT2D eigenvalue weighted by molar-refractivity contribution is -0.137. The number of halogens is 3. The van der Waals surface area contributed by atoms with Crippen molar-refractivity contribution in [2.75, 3.05) is 19.8 Å². The standard InChI is InChI=1S/C31H25F3N2O4/c32-31(33,34)21-10-18(14-35)9-19(11-21)29(37)20-12-22-15-39-16-23(13-20)36(22)30(38)40-17-28-26-7-3-1-5-24(26)25-6-2-4-8-27(25)28/h1-11,20,22-23,28H,12-13,15-17H2. The van der Waals surface area contributed by atoms with E-state index in [2.05, 4.69) is 12.1 Å². The van der Waals surface area contributed by atoms with Crippen molar-refractivity contribution in [3.63, 3.8) is 0 Å². The topological polar surface area (TPSA) is 79.6 Å². The number of ketones is 1. The fraction of sp³-hybridized carbons (Fsp3) is 0.323. The molecule has 1 aliphatic carbocycles. The van der Waals surface area contributed by atoms with Crippen LogP contribution in [0.25, 0.3) is 11.1 Å². The first-order chi connectivity index (χ1) is 19.2. The van der Waals surface area contributed by atoms with E-state index in [0.29, 0.717) is 0 Å². The molecule has 40 heavy (non-hydrogen) atoms. The highest BCUT2D eigenvalue weighted by molar-refractivity contribution is 5.98. The summed E-state index contributed by atoms with van der Waals surface area (Å²) in [6.07, 6.45) is -4.70. The van der Waals surface area contributed by atoms with Gasteiger partial charge in [0.15, 0.2) is 5.78 Å². The SMILES string of the molecule is N#Cc1cc(C(=O)C2CC3COCC(C2)N3C(=O)OCC2c3ccccc3-c3ccccc32)cc(C(F)(F)F)c1. The van der Waals surface area contributed by atoms with Gasteiger partial charge in [0.25, 0.3) is 0 Å². The third kappa shape index (κ3) is 4.62. The van der Waals surface area contributed by atoms with Crippen molar-refractivity contribution in [2.24, 2.45) is 5.92 Å². The zero-order valence-electron chi connectivity index (χ0n) is 21.4. The van der Waals surface area contributed by atoms with Crippen molar-refractivity contribution in [3.8, 4) is 17.2 Å². The van der Waals surface area contributed by atoms with Gasteiger partial charge in [0, 0.05) is 17.4 Å². The van der Waals surface area contributed by atoms with Crippen molar-refractivity contribution in [2.45, 2.75) is 37.0 Å². The number of hydrogen-bond acceptors (Lipinski definition) is 5. The maximum atomic E-state index is 13.4. The molecule has 6 nitrogen and oxygen atoms in total. The number of carbonyl (C=O) groups excluding carboxylic acids is 2. The Morgan fingerprint density at radius 3 is 2.12 bits per heavy atom. The monoisotopic (exact) mass is 546 g/mol. The minimum Gasteiger partial charge on any atom is -0.448 e. The number of ether oxygens (including phenoxy) is 2. The van der Waals surface area contributed by atoms with Gasteiger partial charge < -0.3 is 9.47 Å². The van der Waals surface area contributed by atoms with E-state index in [0.717, 1.165) is 34.4 Å². The number of nitrogens with zero attached hydrogens (tertiary/aromatic N) is 2. The molecule has 3 aliphatic rings. The molecule has 9 heteroatoms. The molecule has 2 aliphatic heterocycles. The minimum absolute atomic E-state index is 0.0956. The maximum absolute atomic E-state index is 13.4. The van der Waals surface area contributed by atoms with Gasteiger partial charge >= 0.3 is 12.3 Å². The molecule has 0 N–H and O–H groups in total. The van der Waals surface area contributed by atoms with Crippen LogP contribution in [-0.2, 0) is 15.7 Å². The van der Waals surface area contributed by atoms with E-state index >= 15 is 0 Å². The van der Waals surface area contributed by atoms with Crippen LogP contribution < -0.4 is 0 Å². The minimum atomic E-state index is -4.68. The molecule has 2 saturated heterocycles. The Bertz CT molecular complexity index is 1470. The van der Waals surface area contributed by atoms with Crippen molar-refractivity contribution in [3.05, 3.63) is 94.5 Å². The highest BCUT2D eigenvalue weighted by atomic mass is 19.4. The summed E-state index contributed by atoms with van der Waals surface area (Å²) in [6, 6.07) is 19.6. The van der Waals surface area contributed by atoms with Crippen LogP contribution >= 0.6 is 0 Å². The predicted molar refractivity (Wildman–Crippen MR) is 139 cm³/mol. The Morgan fingerprint density at radius 1 is 0.950 bits per heavy atom. The molecule has 0 saturated carbocycles. The van der Waals surface area contributed by atoms with E-state index < -0.39 is 41.6 Å². The Morgan fingerprint density at radius 2 is 1.55 bits per heavy atom. The number of piperidine rings is 1. The fourth-order valence-electron chi connectivity index (χ4n) is 6.33. The molecule has 2 heterocycles. The fourth-order valence-corrected chi connectivity index (χ4v) is 6.33. The molecule has 6 rings (SSSR count). The van der Waals surface area contributed by atoms with E-state index in [1.807, 2.05) is 36.4 Å². The average molecular weight is 547 g/mol. The Kier molecular flexibility index (Phi) is 6.59. The van der Waals surface area contributed by atoms with Gasteiger partial charge in [-0.25, -0.2) is 4.79 Å². The molecule has 0 spiro atoms. The zero-order chi connectivity index (χ0) is 28.0. The smallest absolute Gasteiger partial charge is 0.416 e. The molecular formula is C31H25F3N2O4. The molecule has 2 fully saturated rings. The van der Waals surface area contributed by atoms with E-state index in [1.54, 1.807) is 11.0 Å². The number of hydrogen-bond donors (Lipinski definition) is 0. The second kappa shape index (κ2) is 10.1. The molecule has 204 valence electrons. The number of nitriles is 1. The third-order valence-electron chi connectivity index (χ3n) is 8.11. The Hall–Kier alpha value is -4.16. The number of benzene rings is 3. The summed E-state index contributed by atoms with van der Waals surface area (Å²) in [5.74, 6) is -1.17. The first-order valence-electron chi connectivity index (χ1n) is 13.1. The van der Waals surface area contributed by atoms with Gasteiger partial charge in [0.2, 0.25) is 0 Å². The van der Waals surface area contributed by atoms with E-state index in [-0.39, 0.29) is 49.7 Å². The zero-order valence-corrected chi connectivity index (χ0v) is 21.4. The van der Waals surface area contributed by atoms with Crippen LogP contribution in [0.1, 0.15) is 51.4 Å². The first-order valence-corrected chi connectivity index (χ1v) is 13.1. The number of amides is 1.